The molecule has 7 nitrogen and oxygen atoms in total. The van der Waals surface area contributed by atoms with Gasteiger partial charge in [-0.15, -0.1) is 0 Å². The fraction of sp³-hybridized carbons (Fsp3) is 0.0667. The van der Waals surface area contributed by atoms with E-state index >= 15 is 0 Å². The van der Waals surface area contributed by atoms with Gasteiger partial charge < -0.3 is 8.92 Å². The Bertz CT molecular complexity index is 1670. The molecule has 0 N–H and O–H groups in total. The van der Waals surface area contributed by atoms with Gasteiger partial charge in [-0.3, -0.25) is 4.79 Å². The van der Waals surface area contributed by atoms with Gasteiger partial charge >= 0.3 is 10.1 Å². The van der Waals surface area contributed by atoms with Crippen LogP contribution >= 0.6 is 11.6 Å². The average Bonchev–Trinajstić information content (AvgIpc) is 3.27. The summed E-state index contributed by atoms with van der Waals surface area (Å²) in [4.78, 5) is 13.5. The van der Waals surface area contributed by atoms with Gasteiger partial charge in [-0.2, -0.15) is 18.5 Å². The van der Waals surface area contributed by atoms with Crippen LogP contribution in [0.2, 0.25) is 5.02 Å². The normalized spacial score (nSPS) is 14.4. The highest BCUT2D eigenvalue weighted by Gasteiger charge is 2.32. The van der Waals surface area contributed by atoms with Crippen molar-refractivity contribution in [1.29, 1.82) is 0 Å². The monoisotopic (exact) mass is 558 g/mol. The van der Waals surface area contributed by atoms with Crippen molar-refractivity contribution >= 4 is 45.1 Å². The van der Waals surface area contributed by atoms with Crippen LogP contribution in [-0.4, -0.2) is 26.6 Å². The molecule has 39 heavy (non-hydrogen) atoms. The summed E-state index contributed by atoms with van der Waals surface area (Å²) < 4.78 is 36.8. The van der Waals surface area contributed by atoms with Gasteiger partial charge in [-0.1, -0.05) is 66.2 Å². The van der Waals surface area contributed by atoms with E-state index in [9.17, 15) is 13.2 Å². The molecule has 9 heteroatoms. The molecule has 1 aliphatic rings. The minimum Gasteiger partial charge on any atom is -0.490 e. The lowest BCUT2D eigenvalue weighted by Gasteiger charge is -2.13. The minimum atomic E-state index is -4.13. The van der Waals surface area contributed by atoms with Crippen molar-refractivity contribution in [3.8, 4) is 11.5 Å². The first-order chi connectivity index (χ1) is 18.9. The van der Waals surface area contributed by atoms with Crippen molar-refractivity contribution in [1.82, 2.24) is 0 Å². The molecule has 0 saturated carbocycles. The van der Waals surface area contributed by atoms with Crippen LogP contribution in [0.1, 0.15) is 18.1 Å². The summed E-state index contributed by atoms with van der Waals surface area (Å²) in [7, 11) is -4.13. The molecule has 0 radical (unpaired) electrons. The number of rotatable bonds is 8. The number of ether oxygens (including phenoxy) is 1. The number of para-hydroxylation sites is 1. The highest BCUT2D eigenvalue weighted by molar-refractivity contribution is 7.87. The van der Waals surface area contributed by atoms with E-state index < -0.39 is 10.1 Å². The van der Waals surface area contributed by atoms with Gasteiger partial charge in [0.1, 0.15) is 10.6 Å². The van der Waals surface area contributed by atoms with Crippen molar-refractivity contribution in [3.05, 3.63) is 125 Å². The zero-order valence-corrected chi connectivity index (χ0v) is 22.4. The molecule has 0 spiro atoms. The lowest BCUT2D eigenvalue weighted by molar-refractivity contribution is -0.114. The molecule has 196 valence electrons. The smallest absolute Gasteiger partial charge is 0.339 e. The van der Waals surface area contributed by atoms with Crippen molar-refractivity contribution in [3.63, 3.8) is 0 Å². The van der Waals surface area contributed by atoms with E-state index in [1.807, 2.05) is 60.7 Å². The topological polar surface area (TPSA) is 85.3 Å². The van der Waals surface area contributed by atoms with Gasteiger partial charge in [0.05, 0.1) is 17.9 Å². The zero-order chi connectivity index (χ0) is 27.4. The molecule has 1 heterocycles. The first-order valence-electron chi connectivity index (χ1n) is 12.1. The standard InChI is InChI=1S/C30H23ClN2O5S/c1-2-37-28-20-21(13-18-27(28)38-39(35,36)25-16-14-23(31)15-17-25)19-26-29(22-9-5-3-6-10-22)32-33(30(26)34)24-11-7-4-8-12-24/h3-20H,2H2,1H3/b26-19-. The van der Waals surface area contributed by atoms with Gasteiger partial charge in [0.25, 0.3) is 5.91 Å². The number of halogens is 1. The molecular formula is C30H23ClN2O5S. The largest absolute Gasteiger partial charge is 0.490 e. The number of benzene rings is 4. The number of hydrogen-bond acceptors (Lipinski definition) is 6. The summed E-state index contributed by atoms with van der Waals surface area (Å²) in [6, 6.07) is 29.1. The maximum atomic E-state index is 13.5. The summed E-state index contributed by atoms with van der Waals surface area (Å²) in [5, 5.41) is 6.42. The minimum absolute atomic E-state index is 0.0227. The van der Waals surface area contributed by atoms with E-state index in [1.165, 1.54) is 35.3 Å². The summed E-state index contributed by atoms with van der Waals surface area (Å²) in [5.74, 6) is -0.0498. The summed E-state index contributed by atoms with van der Waals surface area (Å²) in [6.07, 6.45) is 1.71. The van der Waals surface area contributed by atoms with Gasteiger partial charge in [0.15, 0.2) is 11.5 Å². The summed E-state index contributed by atoms with van der Waals surface area (Å²) in [6.45, 7) is 2.05. The summed E-state index contributed by atoms with van der Waals surface area (Å²) >= 11 is 5.88. The van der Waals surface area contributed by atoms with Crippen LogP contribution in [-0.2, 0) is 14.9 Å². The zero-order valence-electron chi connectivity index (χ0n) is 20.8. The second kappa shape index (κ2) is 11.1. The van der Waals surface area contributed by atoms with Crippen LogP contribution in [0.25, 0.3) is 6.08 Å². The molecule has 1 aliphatic heterocycles. The first-order valence-corrected chi connectivity index (χ1v) is 13.9. The molecule has 0 fully saturated rings. The van der Waals surface area contributed by atoms with Crippen molar-refractivity contribution < 1.29 is 22.1 Å². The maximum Gasteiger partial charge on any atom is 0.339 e. The molecule has 0 unspecified atom stereocenters. The molecule has 5 rings (SSSR count). The van der Waals surface area contributed by atoms with Crippen LogP contribution in [0.5, 0.6) is 11.5 Å². The molecule has 0 aromatic heterocycles. The molecule has 4 aromatic carbocycles. The third kappa shape index (κ3) is 5.72. The Morgan fingerprint density at radius 1 is 0.872 bits per heavy atom. The second-order valence-electron chi connectivity index (χ2n) is 8.46. The van der Waals surface area contributed by atoms with Crippen molar-refractivity contribution in [2.75, 3.05) is 11.6 Å². The second-order valence-corrected chi connectivity index (χ2v) is 10.4. The third-order valence-corrected chi connectivity index (χ3v) is 7.31. The Labute approximate surface area is 231 Å². The molecule has 0 saturated heterocycles. The van der Waals surface area contributed by atoms with E-state index in [1.54, 1.807) is 25.1 Å². The Hall–Kier alpha value is -4.40. The van der Waals surface area contributed by atoms with E-state index in [0.717, 1.165) is 5.56 Å². The molecular weight excluding hydrogens is 536 g/mol. The predicted molar refractivity (Wildman–Crippen MR) is 152 cm³/mol. The molecule has 4 aromatic rings. The number of carbonyl (C=O) groups is 1. The first kappa shape index (κ1) is 26.2. The Morgan fingerprint density at radius 3 is 2.21 bits per heavy atom. The molecule has 0 atom stereocenters. The lowest BCUT2D eigenvalue weighted by Crippen LogP contribution is -2.21. The van der Waals surface area contributed by atoms with E-state index in [0.29, 0.717) is 27.6 Å². The number of anilines is 1. The quantitative estimate of drug-likeness (QED) is 0.186. The fourth-order valence-electron chi connectivity index (χ4n) is 3.98. The molecule has 1 amide bonds. The summed E-state index contributed by atoms with van der Waals surface area (Å²) in [5.41, 5.74) is 2.94. The number of hydrazone groups is 1. The van der Waals surface area contributed by atoms with Crippen LogP contribution in [0.4, 0.5) is 5.69 Å². The molecule has 0 aliphatic carbocycles. The van der Waals surface area contributed by atoms with Gasteiger partial charge in [-0.25, -0.2) is 0 Å². The number of hydrogen-bond donors (Lipinski definition) is 0. The SMILES string of the molecule is CCOc1cc(/C=C2\C(=O)N(c3ccccc3)N=C2c2ccccc2)ccc1OS(=O)(=O)c1ccc(Cl)cc1. The Morgan fingerprint density at radius 2 is 1.54 bits per heavy atom. The van der Waals surface area contributed by atoms with Crippen LogP contribution in [0.3, 0.4) is 0 Å². The number of amides is 1. The Kier molecular flexibility index (Phi) is 7.49. The lowest BCUT2D eigenvalue weighted by atomic mass is 10.00. The average molecular weight is 559 g/mol. The van der Waals surface area contributed by atoms with Gasteiger partial charge in [-0.05, 0) is 67.1 Å². The number of carbonyl (C=O) groups excluding carboxylic acids is 1. The van der Waals surface area contributed by atoms with Crippen LogP contribution < -0.4 is 13.9 Å². The molecule has 0 bridgehead atoms. The Balaban J connectivity index is 1.52. The van der Waals surface area contributed by atoms with E-state index in [-0.39, 0.29) is 28.9 Å². The predicted octanol–water partition coefficient (Wildman–Crippen LogP) is 6.34. The fourth-order valence-corrected chi connectivity index (χ4v) is 5.05. The number of nitrogens with zero attached hydrogens (tertiary/aromatic N) is 2. The van der Waals surface area contributed by atoms with Gasteiger partial charge in [0.2, 0.25) is 0 Å². The highest BCUT2D eigenvalue weighted by Crippen LogP contribution is 2.34. The van der Waals surface area contributed by atoms with Crippen LogP contribution in [0, 0.1) is 0 Å². The highest BCUT2D eigenvalue weighted by atomic mass is 35.5. The maximum absolute atomic E-state index is 13.5. The van der Waals surface area contributed by atoms with Crippen molar-refractivity contribution in [2.45, 2.75) is 11.8 Å². The third-order valence-electron chi connectivity index (χ3n) is 5.81. The van der Waals surface area contributed by atoms with Crippen molar-refractivity contribution in [2.24, 2.45) is 5.10 Å². The van der Waals surface area contributed by atoms with E-state index in [4.69, 9.17) is 20.5 Å². The van der Waals surface area contributed by atoms with Gasteiger partial charge in [0, 0.05) is 10.6 Å². The van der Waals surface area contributed by atoms with E-state index in [2.05, 4.69) is 5.10 Å². The van der Waals surface area contributed by atoms with Crippen LogP contribution in [0.15, 0.2) is 119 Å².